The fraction of sp³-hybridized carbons (Fsp3) is 0.316. The van der Waals surface area contributed by atoms with E-state index in [0.29, 0.717) is 0 Å². The number of rotatable bonds is 4. The van der Waals surface area contributed by atoms with Crippen LogP contribution in [0.25, 0.3) is 5.65 Å². The zero-order valence-corrected chi connectivity index (χ0v) is 15.5. The summed E-state index contributed by atoms with van der Waals surface area (Å²) in [6, 6.07) is 10.1. The van der Waals surface area contributed by atoms with Crippen molar-refractivity contribution in [1.29, 1.82) is 0 Å². The van der Waals surface area contributed by atoms with E-state index in [1.165, 1.54) is 11.1 Å². The first-order chi connectivity index (χ1) is 12.6. The summed E-state index contributed by atoms with van der Waals surface area (Å²) in [5.74, 6) is 0.952. The molecule has 1 aliphatic rings. The van der Waals surface area contributed by atoms with Gasteiger partial charge in [0.15, 0.2) is 5.65 Å². The SMILES string of the molecule is C=C(Cc1cc(C)cc(Cl)c1)N1CCN(c2ccc3nncn3n2)CC1. The third-order valence-corrected chi connectivity index (χ3v) is 4.93. The van der Waals surface area contributed by atoms with Crippen molar-refractivity contribution in [3.63, 3.8) is 0 Å². The second-order valence-electron chi connectivity index (χ2n) is 6.68. The van der Waals surface area contributed by atoms with Crippen LogP contribution in [-0.2, 0) is 6.42 Å². The molecule has 0 radical (unpaired) electrons. The first kappa shape index (κ1) is 16.8. The minimum absolute atomic E-state index is 0.762. The molecule has 3 heterocycles. The van der Waals surface area contributed by atoms with Crippen molar-refractivity contribution < 1.29 is 0 Å². The van der Waals surface area contributed by atoms with Crippen LogP contribution in [0.1, 0.15) is 11.1 Å². The van der Waals surface area contributed by atoms with Crippen molar-refractivity contribution in [1.82, 2.24) is 24.7 Å². The summed E-state index contributed by atoms with van der Waals surface area (Å²) >= 11 is 6.17. The van der Waals surface area contributed by atoms with Gasteiger partial charge < -0.3 is 9.80 Å². The largest absolute Gasteiger partial charge is 0.371 e. The van der Waals surface area contributed by atoms with Gasteiger partial charge in [-0.3, -0.25) is 0 Å². The number of piperazine rings is 1. The fourth-order valence-corrected chi connectivity index (χ4v) is 3.71. The average Bonchev–Trinajstić information content (AvgIpc) is 3.08. The number of hydrogen-bond donors (Lipinski definition) is 0. The third-order valence-electron chi connectivity index (χ3n) is 4.71. The maximum Gasteiger partial charge on any atom is 0.177 e. The van der Waals surface area contributed by atoms with E-state index in [4.69, 9.17) is 11.6 Å². The highest BCUT2D eigenvalue weighted by molar-refractivity contribution is 6.30. The molecule has 2 aromatic heterocycles. The number of nitrogens with zero attached hydrogens (tertiary/aromatic N) is 6. The molecule has 0 atom stereocenters. The Bertz CT molecular complexity index is 922. The summed E-state index contributed by atoms with van der Waals surface area (Å²) < 4.78 is 1.71. The van der Waals surface area contributed by atoms with Crippen LogP contribution in [0.5, 0.6) is 0 Å². The predicted octanol–water partition coefficient (Wildman–Crippen LogP) is 2.96. The number of allylic oxidation sites excluding steroid dienone is 1. The summed E-state index contributed by atoms with van der Waals surface area (Å²) in [5, 5.41) is 13.2. The van der Waals surface area contributed by atoms with E-state index in [-0.39, 0.29) is 0 Å². The number of halogens is 1. The molecule has 1 fully saturated rings. The summed E-state index contributed by atoms with van der Waals surface area (Å²) in [6.07, 6.45) is 2.45. The Morgan fingerprint density at radius 3 is 2.73 bits per heavy atom. The molecule has 0 unspecified atom stereocenters. The van der Waals surface area contributed by atoms with E-state index in [9.17, 15) is 0 Å². The molecule has 0 saturated carbocycles. The first-order valence-corrected chi connectivity index (χ1v) is 9.07. The van der Waals surface area contributed by atoms with Crippen LogP contribution in [0.3, 0.4) is 0 Å². The van der Waals surface area contributed by atoms with Gasteiger partial charge in [0.05, 0.1) is 0 Å². The molecule has 134 valence electrons. The Morgan fingerprint density at radius 1 is 1.15 bits per heavy atom. The summed E-state index contributed by atoms with van der Waals surface area (Å²) in [6.45, 7) is 10.0. The van der Waals surface area contributed by atoms with Crippen molar-refractivity contribution in [3.8, 4) is 0 Å². The lowest BCUT2D eigenvalue weighted by Crippen LogP contribution is -2.46. The van der Waals surface area contributed by atoms with Crippen LogP contribution < -0.4 is 4.90 Å². The molecule has 1 saturated heterocycles. The molecule has 0 N–H and O–H groups in total. The van der Waals surface area contributed by atoms with E-state index in [1.807, 2.05) is 24.3 Å². The molecule has 0 amide bonds. The van der Waals surface area contributed by atoms with Crippen LogP contribution >= 0.6 is 11.6 Å². The minimum atomic E-state index is 0.762. The van der Waals surface area contributed by atoms with Crippen LogP contribution in [0.4, 0.5) is 5.82 Å². The van der Waals surface area contributed by atoms with Gasteiger partial charge in [-0.15, -0.1) is 15.3 Å². The average molecular weight is 369 g/mol. The molecule has 6 nitrogen and oxygen atoms in total. The number of benzene rings is 1. The maximum atomic E-state index is 6.17. The number of aryl methyl sites for hydroxylation is 1. The second-order valence-corrected chi connectivity index (χ2v) is 7.12. The molecular formula is C19H21ClN6. The van der Waals surface area contributed by atoms with Crippen LogP contribution in [-0.4, -0.2) is 50.9 Å². The molecule has 0 bridgehead atoms. The Morgan fingerprint density at radius 2 is 1.96 bits per heavy atom. The molecule has 0 aliphatic carbocycles. The zero-order valence-electron chi connectivity index (χ0n) is 14.8. The Balaban J connectivity index is 1.38. The van der Waals surface area contributed by atoms with Gasteiger partial charge in [-0.05, 0) is 42.3 Å². The van der Waals surface area contributed by atoms with Gasteiger partial charge in [0.25, 0.3) is 0 Å². The summed E-state index contributed by atoms with van der Waals surface area (Å²) in [4.78, 5) is 4.64. The normalized spacial score (nSPS) is 14.8. The van der Waals surface area contributed by atoms with Crippen LogP contribution in [0, 0.1) is 6.92 Å². The van der Waals surface area contributed by atoms with Gasteiger partial charge in [0, 0.05) is 43.3 Å². The smallest absolute Gasteiger partial charge is 0.177 e. The number of fused-ring (bicyclic) bond motifs is 1. The van der Waals surface area contributed by atoms with E-state index >= 15 is 0 Å². The standard InChI is InChI=1S/C19H21ClN6/c1-14-9-16(12-17(20)10-14)11-15(2)24-5-7-25(8-6-24)19-4-3-18-22-21-13-26(18)23-19/h3-4,9-10,12-13H,2,5-8,11H2,1H3. The number of anilines is 1. The van der Waals surface area contributed by atoms with Crippen molar-refractivity contribution in [2.24, 2.45) is 0 Å². The second kappa shape index (κ2) is 6.96. The lowest BCUT2D eigenvalue weighted by atomic mass is 10.1. The minimum Gasteiger partial charge on any atom is -0.371 e. The van der Waals surface area contributed by atoms with Crippen molar-refractivity contribution in [2.45, 2.75) is 13.3 Å². The molecule has 7 heteroatoms. The van der Waals surface area contributed by atoms with Gasteiger partial charge in [0.2, 0.25) is 0 Å². The highest BCUT2D eigenvalue weighted by atomic mass is 35.5. The Kier molecular flexibility index (Phi) is 4.51. The van der Waals surface area contributed by atoms with Crippen molar-refractivity contribution >= 4 is 23.1 Å². The van der Waals surface area contributed by atoms with Gasteiger partial charge in [0.1, 0.15) is 12.1 Å². The van der Waals surface area contributed by atoms with E-state index < -0.39 is 0 Å². The lowest BCUT2D eigenvalue weighted by molar-refractivity contribution is 0.315. The zero-order chi connectivity index (χ0) is 18.1. The predicted molar refractivity (Wildman–Crippen MR) is 104 cm³/mol. The number of aromatic nitrogens is 4. The third kappa shape index (κ3) is 3.51. The summed E-state index contributed by atoms with van der Waals surface area (Å²) in [7, 11) is 0. The van der Waals surface area contributed by atoms with Gasteiger partial charge in [-0.2, -0.15) is 4.52 Å². The highest BCUT2D eigenvalue weighted by Gasteiger charge is 2.19. The van der Waals surface area contributed by atoms with Gasteiger partial charge in [-0.1, -0.05) is 24.2 Å². The van der Waals surface area contributed by atoms with Gasteiger partial charge >= 0.3 is 0 Å². The number of hydrogen-bond acceptors (Lipinski definition) is 5. The maximum absolute atomic E-state index is 6.17. The molecule has 0 spiro atoms. The highest BCUT2D eigenvalue weighted by Crippen LogP contribution is 2.20. The molecule has 3 aromatic rings. The first-order valence-electron chi connectivity index (χ1n) is 8.69. The Labute approximate surface area is 157 Å². The molecule has 26 heavy (non-hydrogen) atoms. The summed E-state index contributed by atoms with van der Waals surface area (Å²) in [5.41, 5.74) is 4.29. The van der Waals surface area contributed by atoms with Gasteiger partial charge in [-0.25, -0.2) is 0 Å². The van der Waals surface area contributed by atoms with Crippen LogP contribution in [0.2, 0.25) is 5.02 Å². The molecule has 4 rings (SSSR count). The topological polar surface area (TPSA) is 49.6 Å². The molecule has 1 aromatic carbocycles. The molecule has 1 aliphatic heterocycles. The van der Waals surface area contributed by atoms with Crippen LogP contribution in [0.15, 0.2) is 48.9 Å². The monoisotopic (exact) mass is 368 g/mol. The van der Waals surface area contributed by atoms with E-state index in [0.717, 1.165) is 54.8 Å². The van der Waals surface area contributed by atoms with Crippen molar-refractivity contribution in [2.75, 3.05) is 31.1 Å². The quantitative estimate of drug-likeness (QED) is 0.708. The Hall–Kier alpha value is -2.60. The van der Waals surface area contributed by atoms with Crippen molar-refractivity contribution in [3.05, 3.63) is 65.1 Å². The fourth-order valence-electron chi connectivity index (χ4n) is 3.40. The van der Waals surface area contributed by atoms with E-state index in [2.05, 4.69) is 44.7 Å². The molecular weight excluding hydrogens is 348 g/mol. The van der Waals surface area contributed by atoms with E-state index in [1.54, 1.807) is 10.8 Å². The lowest BCUT2D eigenvalue weighted by Gasteiger charge is -2.37.